The summed E-state index contributed by atoms with van der Waals surface area (Å²) in [7, 11) is 0. The molecule has 3 aromatic rings. The fraction of sp³-hybridized carbons (Fsp3) is 0.250. The number of nitrogens with zero attached hydrogens (tertiary/aromatic N) is 3. The highest BCUT2D eigenvalue weighted by atomic mass is 32.1. The van der Waals surface area contributed by atoms with Crippen LogP contribution in [0.15, 0.2) is 36.0 Å². The predicted octanol–water partition coefficient (Wildman–Crippen LogP) is 3.58. The molecular formula is C16H17N5OS. The summed E-state index contributed by atoms with van der Waals surface area (Å²) >= 11 is 1.51. The maximum absolute atomic E-state index is 12.0. The van der Waals surface area contributed by atoms with Gasteiger partial charge in [-0.15, -0.1) is 11.3 Å². The average Bonchev–Trinajstić information content (AvgIpc) is 3.18. The summed E-state index contributed by atoms with van der Waals surface area (Å²) < 4.78 is 0. The highest BCUT2D eigenvalue weighted by Gasteiger charge is 2.21. The molecule has 23 heavy (non-hydrogen) atoms. The van der Waals surface area contributed by atoms with Crippen molar-refractivity contribution in [2.75, 3.05) is 5.32 Å². The van der Waals surface area contributed by atoms with Gasteiger partial charge in [-0.1, -0.05) is 32.9 Å². The molecule has 0 spiro atoms. The zero-order chi connectivity index (χ0) is 16.4. The number of anilines is 1. The van der Waals surface area contributed by atoms with E-state index in [-0.39, 0.29) is 5.91 Å². The summed E-state index contributed by atoms with van der Waals surface area (Å²) in [6, 6.07) is 7.65. The molecule has 0 unspecified atom stereocenters. The van der Waals surface area contributed by atoms with Gasteiger partial charge in [0.25, 0.3) is 0 Å². The minimum absolute atomic E-state index is 0.00786. The quantitative estimate of drug-likeness (QED) is 0.770. The molecule has 2 aromatic heterocycles. The lowest BCUT2D eigenvalue weighted by Gasteiger charge is -2.17. The average molecular weight is 327 g/mol. The number of amides is 1. The first-order chi connectivity index (χ1) is 10.9. The predicted molar refractivity (Wildman–Crippen MR) is 91.0 cm³/mol. The third kappa shape index (κ3) is 3.45. The van der Waals surface area contributed by atoms with E-state index in [1.54, 1.807) is 0 Å². The van der Waals surface area contributed by atoms with Crippen molar-refractivity contribution >= 4 is 22.9 Å². The van der Waals surface area contributed by atoms with Crippen molar-refractivity contribution in [2.24, 2.45) is 5.41 Å². The van der Waals surface area contributed by atoms with Gasteiger partial charge in [-0.3, -0.25) is 9.89 Å². The van der Waals surface area contributed by atoms with Gasteiger partial charge in [0.2, 0.25) is 5.91 Å². The van der Waals surface area contributed by atoms with Crippen LogP contribution in [0.2, 0.25) is 0 Å². The Bertz CT molecular complexity index is 800. The first-order valence-corrected chi connectivity index (χ1v) is 8.04. The maximum atomic E-state index is 12.0. The molecule has 3 rings (SSSR count). The Kier molecular flexibility index (Phi) is 3.96. The topological polar surface area (TPSA) is 83.6 Å². The molecule has 0 aliphatic rings. The van der Waals surface area contributed by atoms with Crippen LogP contribution in [0.5, 0.6) is 0 Å². The van der Waals surface area contributed by atoms with Crippen molar-refractivity contribution in [2.45, 2.75) is 20.8 Å². The molecule has 2 heterocycles. The van der Waals surface area contributed by atoms with Crippen LogP contribution in [-0.2, 0) is 4.79 Å². The number of carbonyl (C=O) groups is 1. The van der Waals surface area contributed by atoms with E-state index in [1.165, 1.54) is 17.7 Å². The Morgan fingerprint density at radius 1 is 1.22 bits per heavy atom. The Morgan fingerprint density at radius 2 is 1.96 bits per heavy atom. The monoisotopic (exact) mass is 327 g/mol. The summed E-state index contributed by atoms with van der Waals surface area (Å²) in [6.07, 6.45) is 1.46. The number of nitrogens with one attached hydrogen (secondary N) is 2. The van der Waals surface area contributed by atoms with Gasteiger partial charge in [0, 0.05) is 22.0 Å². The van der Waals surface area contributed by atoms with Crippen LogP contribution in [0, 0.1) is 5.41 Å². The smallest absolute Gasteiger partial charge is 0.229 e. The van der Waals surface area contributed by atoms with Crippen LogP contribution in [0.1, 0.15) is 20.8 Å². The number of aromatic nitrogens is 4. The van der Waals surface area contributed by atoms with Crippen LogP contribution < -0.4 is 5.32 Å². The van der Waals surface area contributed by atoms with E-state index in [0.29, 0.717) is 5.82 Å². The van der Waals surface area contributed by atoms with Gasteiger partial charge in [-0.05, 0) is 12.1 Å². The number of hydrogen-bond acceptors (Lipinski definition) is 5. The zero-order valence-electron chi connectivity index (χ0n) is 13.1. The van der Waals surface area contributed by atoms with Crippen molar-refractivity contribution in [3.05, 3.63) is 36.0 Å². The van der Waals surface area contributed by atoms with Crippen molar-refractivity contribution < 1.29 is 4.79 Å². The number of hydrogen-bond donors (Lipinski definition) is 2. The third-order valence-electron chi connectivity index (χ3n) is 3.24. The molecule has 7 heteroatoms. The van der Waals surface area contributed by atoms with Crippen LogP contribution in [0.25, 0.3) is 22.1 Å². The van der Waals surface area contributed by atoms with E-state index in [9.17, 15) is 4.79 Å². The molecule has 0 bridgehead atoms. The molecule has 1 aromatic carbocycles. The van der Waals surface area contributed by atoms with E-state index in [0.717, 1.165) is 22.0 Å². The minimum atomic E-state index is -0.417. The first kappa shape index (κ1) is 15.4. The molecule has 0 saturated heterocycles. The van der Waals surface area contributed by atoms with E-state index >= 15 is 0 Å². The van der Waals surface area contributed by atoms with Crippen molar-refractivity contribution in [3.8, 4) is 22.1 Å². The number of aromatic amines is 1. The molecule has 1 amide bonds. The largest absolute Gasteiger partial charge is 0.326 e. The lowest BCUT2D eigenvalue weighted by atomic mass is 9.95. The summed E-state index contributed by atoms with van der Waals surface area (Å²) in [5, 5.41) is 12.3. The fourth-order valence-corrected chi connectivity index (χ4v) is 2.64. The SMILES string of the molecule is CC(C)(C)C(=O)Nc1ccc(-c2csc(-c3ncn[nH]3)n2)cc1. The normalized spacial score (nSPS) is 11.4. The van der Waals surface area contributed by atoms with Gasteiger partial charge in [0.05, 0.1) is 5.69 Å². The maximum Gasteiger partial charge on any atom is 0.229 e. The van der Waals surface area contributed by atoms with E-state index in [1.807, 2.05) is 50.4 Å². The van der Waals surface area contributed by atoms with Crippen molar-refractivity contribution in [1.29, 1.82) is 0 Å². The van der Waals surface area contributed by atoms with Crippen LogP contribution in [0.3, 0.4) is 0 Å². The number of carbonyl (C=O) groups excluding carboxylic acids is 1. The summed E-state index contributed by atoms with van der Waals surface area (Å²) in [4.78, 5) is 20.6. The highest BCUT2D eigenvalue weighted by Crippen LogP contribution is 2.27. The fourth-order valence-electron chi connectivity index (χ4n) is 1.87. The Hall–Kier alpha value is -2.54. The standard InChI is InChI=1S/C16H17N5OS/c1-16(2,3)15(22)19-11-6-4-10(5-7-11)12-8-23-14(20-12)13-17-9-18-21-13/h4-9H,1-3H3,(H,19,22)(H,17,18,21). The van der Waals surface area contributed by atoms with Crippen molar-refractivity contribution in [3.63, 3.8) is 0 Å². The lowest BCUT2D eigenvalue weighted by molar-refractivity contribution is -0.123. The molecule has 2 N–H and O–H groups in total. The molecule has 118 valence electrons. The van der Waals surface area contributed by atoms with Crippen LogP contribution in [0.4, 0.5) is 5.69 Å². The van der Waals surface area contributed by atoms with Gasteiger partial charge in [-0.25, -0.2) is 9.97 Å². The van der Waals surface area contributed by atoms with Gasteiger partial charge in [0.15, 0.2) is 10.8 Å². The molecule has 0 saturated carbocycles. The second-order valence-electron chi connectivity index (χ2n) is 6.15. The van der Waals surface area contributed by atoms with E-state index in [2.05, 4.69) is 25.5 Å². The lowest BCUT2D eigenvalue weighted by Crippen LogP contribution is -2.27. The molecular weight excluding hydrogens is 310 g/mol. The summed E-state index contributed by atoms with van der Waals surface area (Å²) in [6.45, 7) is 5.66. The summed E-state index contributed by atoms with van der Waals surface area (Å²) in [5.74, 6) is 0.654. The highest BCUT2D eigenvalue weighted by molar-refractivity contribution is 7.13. The Balaban J connectivity index is 1.76. The van der Waals surface area contributed by atoms with Gasteiger partial charge in [0.1, 0.15) is 6.33 Å². The van der Waals surface area contributed by atoms with E-state index < -0.39 is 5.41 Å². The Labute approximate surface area is 138 Å². The number of rotatable bonds is 3. The minimum Gasteiger partial charge on any atom is -0.326 e. The van der Waals surface area contributed by atoms with Crippen LogP contribution >= 0.6 is 11.3 Å². The summed E-state index contributed by atoms with van der Waals surface area (Å²) in [5.41, 5.74) is 2.22. The number of benzene rings is 1. The van der Waals surface area contributed by atoms with Gasteiger partial charge in [-0.2, -0.15) is 5.10 Å². The third-order valence-corrected chi connectivity index (χ3v) is 4.09. The number of thiazole rings is 1. The van der Waals surface area contributed by atoms with Crippen molar-refractivity contribution in [1.82, 2.24) is 20.2 Å². The van der Waals surface area contributed by atoms with Crippen LogP contribution in [-0.4, -0.2) is 26.1 Å². The molecule has 0 aliphatic carbocycles. The Morgan fingerprint density at radius 3 is 2.57 bits per heavy atom. The molecule has 0 fully saturated rings. The second kappa shape index (κ2) is 5.92. The molecule has 0 atom stereocenters. The molecule has 0 radical (unpaired) electrons. The first-order valence-electron chi connectivity index (χ1n) is 7.16. The molecule has 0 aliphatic heterocycles. The zero-order valence-corrected chi connectivity index (χ0v) is 13.9. The molecule has 6 nitrogen and oxygen atoms in total. The van der Waals surface area contributed by atoms with Gasteiger partial charge >= 0.3 is 0 Å². The van der Waals surface area contributed by atoms with E-state index in [4.69, 9.17) is 0 Å². The van der Waals surface area contributed by atoms with Gasteiger partial charge < -0.3 is 5.32 Å². The second-order valence-corrected chi connectivity index (χ2v) is 7.01. The number of H-pyrrole nitrogens is 1.